The molecular formula is C25H30N4O. The molecule has 3 heterocycles. The van der Waals surface area contributed by atoms with Gasteiger partial charge in [-0.25, -0.2) is 0 Å². The van der Waals surface area contributed by atoms with Gasteiger partial charge in [-0.3, -0.25) is 9.88 Å². The maximum absolute atomic E-state index is 5.81. The number of hydrogen-bond acceptors (Lipinski definition) is 5. The first-order valence-electron chi connectivity index (χ1n) is 11.3. The molecule has 3 aromatic rings. The van der Waals surface area contributed by atoms with E-state index in [4.69, 9.17) is 9.51 Å². The third kappa shape index (κ3) is 3.67. The standard InChI is InChI=1S/C25H30N4O/c1-19-10-12-20(13-11-19)25(14-4-5-15-25)24-27-23(30-28-24)18-29-17-7-3-9-22(29)21-8-2-6-16-26-21/h2,6,8,10-13,16,22H,3-5,7,9,14-15,17-18H2,1H3/t22-/m1/s1. The number of aryl methyl sites for hydroxylation is 1. The molecule has 2 fully saturated rings. The van der Waals surface area contributed by atoms with Crippen LogP contribution in [0.4, 0.5) is 0 Å². The molecule has 1 saturated carbocycles. The lowest BCUT2D eigenvalue weighted by molar-refractivity contribution is 0.121. The second-order valence-electron chi connectivity index (χ2n) is 8.90. The minimum absolute atomic E-state index is 0.0995. The zero-order chi connectivity index (χ0) is 20.4. The number of aromatic nitrogens is 3. The Morgan fingerprint density at radius 1 is 1.03 bits per heavy atom. The van der Waals surface area contributed by atoms with Crippen LogP contribution >= 0.6 is 0 Å². The van der Waals surface area contributed by atoms with Crippen molar-refractivity contribution in [2.24, 2.45) is 0 Å². The van der Waals surface area contributed by atoms with Crippen molar-refractivity contribution < 1.29 is 4.52 Å². The predicted molar refractivity (Wildman–Crippen MR) is 116 cm³/mol. The summed E-state index contributed by atoms with van der Waals surface area (Å²) in [6.45, 7) is 3.87. The molecule has 0 spiro atoms. The van der Waals surface area contributed by atoms with Gasteiger partial charge in [-0.1, -0.05) is 60.3 Å². The molecule has 5 rings (SSSR count). The van der Waals surface area contributed by atoms with Crippen LogP contribution in [-0.2, 0) is 12.0 Å². The summed E-state index contributed by atoms with van der Waals surface area (Å²) in [5.41, 5.74) is 3.65. The lowest BCUT2D eigenvalue weighted by Gasteiger charge is -2.34. The van der Waals surface area contributed by atoms with Gasteiger partial charge in [-0.15, -0.1) is 0 Å². The SMILES string of the molecule is Cc1ccc(C2(c3noc(CN4CCCC[C@@H]4c4ccccn4)n3)CCCC2)cc1. The Bertz CT molecular complexity index is 960. The summed E-state index contributed by atoms with van der Waals surface area (Å²) in [6, 6.07) is 15.4. The van der Waals surface area contributed by atoms with E-state index in [1.165, 1.54) is 36.8 Å². The molecule has 2 aliphatic rings. The fourth-order valence-corrected chi connectivity index (χ4v) is 5.27. The van der Waals surface area contributed by atoms with Crippen LogP contribution in [0.15, 0.2) is 53.2 Å². The summed E-state index contributed by atoms with van der Waals surface area (Å²) >= 11 is 0. The van der Waals surface area contributed by atoms with E-state index in [0.717, 1.165) is 43.2 Å². The van der Waals surface area contributed by atoms with Crippen molar-refractivity contribution in [3.05, 3.63) is 77.2 Å². The van der Waals surface area contributed by atoms with Crippen LogP contribution in [0.5, 0.6) is 0 Å². The molecule has 1 aliphatic carbocycles. The maximum Gasteiger partial charge on any atom is 0.240 e. The molecule has 0 radical (unpaired) electrons. The Morgan fingerprint density at radius 3 is 2.63 bits per heavy atom. The summed E-state index contributed by atoms with van der Waals surface area (Å²) < 4.78 is 5.81. The number of benzene rings is 1. The maximum atomic E-state index is 5.81. The van der Waals surface area contributed by atoms with E-state index in [1.54, 1.807) is 0 Å². The first-order chi connectivity index (χ1) is 14.7. The number of rotatable bonds is 5. The minimum atomic E-state index is -0.0995. The van der Waals surface area contributed by atoms with Crippen LogP contribution in [0.1, 0.15) is 79.5 Å². The van der Waals surface area contributed by atoms with Crippen molar-refractivity contribution in [2.45, 2.75) is 69.9 Å². The normalized spacial score (nSPS) is 21.7. The molecule has 1 atom stereocenters. The van der Waals surface area contributed by atoms with E-state index in [1.807, 2.05) is 12.3 Å². The van der Waals surface area contributed by atoms with Crippen LogP contribution in [0.3, 0.4) is 0 Å². The number of pyridine rings is 1. The van der Waals surface area contributed by atoms with E-state index in [-0.39, 0.29) is 5.41 Å². The van der Waals surface area contributed by atoms with E-state index < -0.39 is 0 Å². The summed E-state index contributed by atoms with van der Waals surface area (Å²) in [4.78, 5) is 12.0. The monoisotopic (exact) mass is 402 g/mol. The highest BCUT2D eigenvalue weighted by Gasteiger charge is 2.41. The zero-order valence-corrected chi connectivity index (χ0v) is 17.8. The van der Waals surface area contributed by atoms with Gasteiger partial charge in [-0.05, 0) is 56.8 Å². The van der Waals surface area contributed by atoms with Gasteiger partial charge in [0, 0.05) is 6.20 Å². The van der Waals surface area contributed by atoms with Gasteiger partial charge in [0.1, 0.15) is 0 Å². The fourth-order valence-electron chi connectivity index (χ4n) is 5.27. The van der Waals surface area contributed by atoms with Gasteiger partial charge in [0.2, 0.25) is 5.89 Å². The highest BCUT2D eigenvalue weighted by Crippen LogP contribution is 2.45. The number of hydrogen-bond donors (Lipinski definition) is 0. The average molecular weight is 403 g/mol. The highest BCUT2D eigenvalue weighted by atomic mass is 16.5. The van der Waals surface area contributed by atoms with Crippen LogP contribution in [0.25, 0.3) is 0 Å². The van der Waals surface area contributed by atoms with E-state index in [9.17, 15) is 0 Å². The molecule has 2 aromatic heterocycles. The van der Waals surface area contributed by atoms with Gasteiger partial charge < -0.3 is 4.52 Å². The van der Waals surface area contributed by atoms with Crippen molar-refractivity contribution >= 4 is 0 Å². The lowest BCUT2D eigenvalue weighted by Crippen LogP contribution is -2.33. The van der Waals surface area contributed by atoms with E-state index >= 15 is 0 Å². The Morgan fingerprint density at radius 2 is 1.87 bits per heavy atom. The van der Waals surface area contributed by atoms with Crippen molar-refractivity contribution in [3.8, 4) is 0 Å². The average Bonchev–Trinajstić information content (AvgIpc) is 3.46. The molecule has 5 nitrogen and oxygen atoms in total. The third-order valence-electron chi connectivity index (χ3n) is 6.94. The summed E-state index contributed by atoms with van der Waals surface area (Å²) in [5, 5.41) is 4.50. The number of piperidine rings is 1. The van der Waals surface area contributed by atoms with Gasteiger partial charge in [-0.2, -0.15) is 4.98 Å². The molecule has 0 unspecified atom stereocenters. The molecule has 156 valence electrons. The molecular weight excluding hydrogens is 372 g/mol. The molecule has 1 aliphatic heterocycles. The zero-order valence-electron chi connectivity index (χ0n) is 17.8. The number of likely N-dealkylation sites (tertiary alicyclic amines) is 1. The highest BCUT2D eigenvalue weighted by molar-refractivity contribution is 5.35. The molecule has 30 heavy (non-hydrogen) atoms. The van der Waals surface area contributed by atoms with Gasteiger partial charge in [0.15, 0.2) is 5.82 Å². The molecule has 0 amide bonds. The smallest absolute Gasteiger partial charge is 0.240 e. The largest absolute Gasteiger partial charge is 0.338 e. The topological polar surface area (TPSA) is 55.1 Å². The quantitative estimate of drug-likeness (QED) is 0.575. The summed E-state index contributed by atoms with van der Waals surface area (Å²) in [7, 11) is 0. The summed E-state index contributed by atoms with van der Waals surface area (Å²) in [6.07, 6.45) is 10.1. The van der Waals surface area contributed by atoms with Crippen LogP contribution in [-0.4, -0.2) is 26.6 Å². The molecule has 1 saturated heterocycles. The first-order valence-corrected chi connectivity index (χ1v) is 11.3. The Balaban J connectivity index is 1.40. The van der Waals surface area contributed by atoms with Gasteiger partial charge in [0.05, 0.1) is 23.7 Å². The van der Waals surface area contributed by atoms with Gasteiger partial charge in [0.25, 0.3) is 0 Å². The second-order valence-corrected chi connectivity index (χ2v) is 8.90. The van der Waals surface area contributed by atoms with Crippen molar-refractivity contribution in [1.82, 2.24) is 20.0 Å². The predicted octanol–water partition coefficient (Wildman–Crippen LogP) is 5.36. The van der Waals surface area contributed by atoms with E-state index in [0.29, 0.717) is 12.6 Å². The number of nitrogens with zero attached hydrogens (tertiary/aromatic N) is 4. The Hall–Kier alpha value is -2.53. The van der Waals surface area contributed by atoms with Crippen LogP contribution in [0.2, 0.25) is 0 Å². The van der Waals surface area contributed by atoms with Crippen molar-refractivity contribution in [3.63, 3.8) is 0 Å². The Labute approximate surface area is 178 Å². The second kappa shape index (κ2) is 8.31. The lowest BCUT2D eigenvalue weighted by atomic mass is 9.78. The summed E-state index contributed by atoms with van der Waals surface area (Å²) in [5.74, 6) is 1.59. The fraction of sp³-hybridized carbons (Fsp3) is 0.480. The van der Waals surface area contributed by atoms with Crippen LogP contribution < -0.4 is 0 Å². The minimum Gasteiger partial charge on any atom is -0.338 e. The van der Waals surface area contributed by atoms with Crippen molar-refractivity contribution in [1.29, 1.82) is 0 Å². The van der Waals surface area contributed by atoms with Gasteiger partial charge >= 0.3 is 0 Å². The molecule has 5 heteroatoms. The van der Waals surface area contributed by atoms with Crippen molar-refractivity contribution in [2.75, 3.05) is 6.54 Å². The molecule has 0 bridgehead atoms. The van der Waals surface area contributed by atoms with E-state index in [2.05, 4.69) is 58.4 Å². The Kier molecular flexibility index (Phi) is 5.38. The molecule has 1 aromatic carbocycles. The molecule has 0 N–H and O–H groups in total. The van der Waals surface area contributed by atoms with Crippen LogP contribution in [0, 0.1) is 6.92 Å². The third-order valence-corrected chi connectivity index (χ3v) is 6.94. The first kappa shape index (κ1) is 19.4.